The molecule has 1 amide bonds. The number of nitrogens with zero attached hydrogens (tertiary/aromatic N) is 5. The van der Waals surface area contributed by atoms with E-state index < -0.39 is 18.6 Å². The number of hydrogen-bond acceptors (Lipinski definition) is 7. The van der Waals surface area contributed by atoms with Gasteiger partial charge in [-0.05, 0) is 36.4 Å². The number of fused-ring (bicyclic) bond motifs is 1. The number of methoxy groups -OCH3 is 1. The van der Waals surface area contributed by atoms with Crippen molar-refractivity contribution >= 4 is 52.5 Å². The molecule has 5 rings (SSSR count). The number of carbonyl (C=O) groups excluding carboxylic acids is 1. The average Bonchev–Trinajstić information content (AvgIpc) is 3.56. The molecule has 0 aliphatic rings. The fraction of sp³-hybridized carbons (Fsp3) is 0.125. The van der Waals surface area contributed by atoms with Gasteiger partial charge in [0.15, 0.2) is 11.6 Å². The molecular formula is C24H19Cl2F3N8O2. The first-order valence-corrected chi connectivity index (χ1v) is 11.4. The summed E-state index contributed by atoms with van der Waals surface area (Å²) >= 11 is 6.58. The number of H-pyrrole nitrogens is 1. The molecular weight excluding hydrogens is 560 g/mol. The molecule has 0 saturated carbocycles. The van der Waals surface area contributed by atoms with Gasteiger partial charge in [0.25, 0.3) is 5.91 Å². The summed E-state index contributed by atoms with van der Waals surface area (Å²) < 4.78 is 44.3. The number of anilines is 2. The minimum absolute atomic E-state index is 0. The number of aromatic nitrogens is 6. The van der Waals surface area contributed by atoms with Gasteiger partial charge in [-0.15, -0.1) is 17.5 Å². The fourth-order valence-electron chi connectivity index (χ4n) is 3.65. The van der Waals surface area contributed by atoms with Crippen LogP contribution >= 0.6 is 24.0 Å². The van der Waals surface area contributed by atoms with Gasteiger partial charge >= 0.3 is 6.18 Å². The second-order valence-electron chi connectivity index (χ2n) is 7.96. The maximum atomic E-state index is 12.5. The summed E-state index contributed by atoms with van der Waals surface area (Å²) in [6.07, 6.45) is -1.34. The fourth-order valence-corrected chi connectivity index (χ4v) is 3.91. The van der Waals surface area contributed by atoms with E-state index in [0.717, 1.165) is 5.52 Å². The molecule has 10 nitrogen and oxygen atoms in total. The Morgan fingerprint density at radius 3 is 2.72 bits per heavy atom. The summed E-state index contributed by atoms with van der Waals surface area (Å²) in [7, 11) is 1.31. The van der Waals surface area contributed by atoms with E-state index in [9.17, 15) is 18.0 Å². The van der Waals surface area contributed by atoms with Gasteiger partial charge in [0.1, 0.15) is 12.3 Å². The van der Waals surface area contributed by atoms with E-state index >= 15 is 0 Å². The summed E-state index contributed by atoms with van der Waals surface area (Å²) in [6.45, 7) is -1.46. The molecule has 0 radical (unpaired) electrons. The molecule has 3 heterocycles. The molecule has 5 aromatic rings. The molecule has 0 bridgehead atoms. The van der Waals surface area contributed by atoms with Crippen LogP contribution < -0.4 is 15.4 Å². The molecule has 0 spiro atoms. The topological polar surface area (TPSA) is 123 Å². The number of carbonyl (C=O) groups is 1. The Hall–Kier alpha value is -4.36. The third kappa shape index (κ3) is 5.89. The highest BCUT2D eigenvalue weighted by atomic mass is 35.5. The van der Waals surface area contributed by atoms with Crippen LogP contribution in [0.4, 0.5) is 24.8 Å². The minimum atomic E-state index is -4.54. The number of hydrogen-bond donors (Lipinski definition) is 3. The molecule has 2 aromatic carbocycles. The molecule has 3 N–H and O–H groups in total. The standard InChI is InChI=1S/C24H18ClF3N8O2.ClH/c1-38-18-10-13(5-6-14(18)22(37)30-12-24(26,27)28)21-33-23(36(35-21)19-4-2-3-9-29-19)32-17-8-7-16-15(20(17)25)11-31-34-16;/h2-11H,12H2,1H3,(H,30,37)(H,31,34)(H,32,33,35);1H. The van der Waals surface area contributed by atoms with Crippen LogP contribution in [0.1, 0.15) is 10.4 Å². The van der Waals surface area contributed by atoms with Crippen molar-refractivity contribution in [2.24, 2.45) is 0 Å². The third-order valence-corrected chi connectivity index (χ3v) is 5.84. The van der Waals surface area contributed by atoms with Crippen LogP contribution in [0, 0.1) is 0 Å². The van der Waals surface area contributed by atoms with Gasteiger partial charge < -0.3 is 15.4 Å². The molecule has 0 aliphatic carbocycles. The number of benzene rings is 2. The van der Waals surface area contributed by atoms with Crippen molar-refractivity contribution < 1.29 is 22.7 Å². The predicted molar refractivity (Wildman–Crippen MR) is 141 cm³/mol. The molecule has 202 valence electrons. The number of amides is 1. The van der Waals surface area contributed by atoms with Crippen LogP contribution in [-0.4, -0.2) is 55.7 Å². The lowest BCUT2D eigenvalue weighted by molar-refractivity contribution is -0.123. The highest BCUT2D eigenvalue weighted by Crippen LogP contribution is 2.33. The zero-order chi connectivity index (χ0) is 26.9. The largest absolute Gasteiger partial charge is 0.496 e. The number of halogens is 5. The van der Waals surface area contributed by atoms with Gasteiger partial charge in [-0.3, -0.25) is 9.89 Å². The number of nitrogens with one attached hydrogen (secondary N) is 3. The highest BCUT2D eigenvalue weighted by molar-refractivity contribution is 6.38. The third-order valence-electron chi connectivity index (χ3n) is 5.43. The quantitative estimate of drug-likeness (QED) is 0.238. The Labute approximate surface area is 230 Å². The van der Waals surface area contributed by atoms with Crippen LogP contribution in [0.15, 0.2) is 60.9 Å². The first kappa shape index (κ1) is 27.7. The Kier molecular flexibility index (Phi) is 7.93. The molecule has 0 fully saturated rings. The van der Waals surface area contributed by atoms with Crippen LogP contribution in [0.5, 0.6) is 5.75 Å². The van der Waals surface area contributed by atoms with Crippen molar-refractivity contribution in [3.63, 3.8) is 0 Å². The monoisotopic (exact) mass is 578 g/mol. The van der Waals surface area contributed by atoms with E-state index in [1.165, 1.54) is 30.0 Å². The van der Waals surface area contributed by atoms with Crippen molar-refractivity contribution in [3.8, 4) is 23.0 Å². The number of aromatic amines is 1. The zero-order valence-electron chi connectivity index (χ0n) is 20.0. The Morgan fingerprint density at radius 2 is 2.00 bits per heavy atom. The normalized spacial score (nSPS) is 11.2. The van der Waals surface area contributed by atoms with Crippen LogP contribution in [-0.2, 0) is 0 Å². The summed E-state index contributed by atoms with van der Waals surface area (Å²) in [5, 5.41) is 17.6. The highest BCUT2D eigenvalue weighted by Gasteiger charge is 2.28. The first-order valence-electron chi connectivity index (χ1n) is 11.0. The maximum absolute atomic E-state index is 12.5. The van der Waals surface area contributed by atoms with E-state index in [4.69, 9.17) is 16.3 Å². The zero-order valence-corrected chi connectivity index (χ0v) is 21.5. The number of ether oxygens (including phenoxy) is 1. The van der Waals surface area contributed by atoms with E-state index in [-0.39, 0.29) is 35.5 Å². The SMILES string of the molecule is COc1cc(-c2nc(Nc3ccc4[nH]ncc4c3Cl)n(-c3ccccn3)n2)ccc1C(=O)NCC(F)(F)F.Cl. The van der Waals surface area contributed by atoms with E-state index in [1.807, 2.05) is 11.4 Å². The molecule has 0 unspecified atom stereocenters. The summed E-state index contributed by atoms with van der Waals surface area (Å²) in [6, 6.07) is 13.2. The second kappa shape index (κ2) is 11.2. The van der Waals surface area contributed by atoms with E-state index in [1.54, 1.807) is 36.7 Å². The summed E-state index contributed by atoms with van der Waals surface area (Å²) in [5.74, 6) is 0.113. The number of rotatable bonds is 7. The van der Waals surface area contributed by atoms with E-state index in [0.29, 0.717) is 27.5 Å². The molecule has 3 aromatic heterocycles. The van der Waals surface area contributed by atoms with Gasteiger partial charge in [0.05, 0.1) is 35.1 Å². The Bertz CT molecular complexity index is 1620. The van der Waals surface area contributed by atoms with Gasteiger partial charge in [-0.1, -0.05) is 23.7 Å². The molecule has 0 saturated heterocycles. The summed E-state index contributed by atoms with van der Waals surface area (Å²) in [4.78, 5) is 21.2. The molecule has 15 heteroatoms. The van der Waals surface area contributed by atoms with Crippen LogP contribution in [0.25, 0.3) is 28.1 Å². The average molecular weight is 579 g/mol. The van der Waals surface area contributed by atoms with Crippen LogP contribution in [0.3, 0.4) is 0 Å². The van der Waals surface area contributed by atoms with Crippen molar-refractivity contribution in [1.29, 1.82) is 0 Å². The van der Waals surface area contributed by atoms with E-state index in [2.05, 4.69) is 30.6 Å². The molecule has 39 heavy (non-hydrogen) atoms. The Morgan fingerprint density at radius 1 is 1.18 bits per heavy atom. The molecule has 0 atom stereocenters. The predicted octanol–water partition coefficient (Wildman–Crippen LogP) is 5.33. The van der Waals surface area contributed by atoms with Crippen molar-refractivity contribution in [1.82, 2.24) is 35.3 Å². The molecule has 0 aliphatic heterocycles. The minimum Gasteiger partial charge on any atom is -0.496 e. The van der Waals surface area contributed by atoms with Gasteiger partial charge in [-0.25, -0.2) is 4.98 Å². The maximum Gasteiger partial charge on any atom is 0.405 e. The lowest BCUT2D eigenvalue weighted by Gasteiger charge is -2.11. The number of alkyl halides is 3. The van der Waals surface area contributed by atoms with Crippen molar-refractivity contribution in [2.75, 3.05) is 19.0 Å². The van der Waals surface area contributed by atoms with Gasteiger partial charge in [-0.2, -0.15) is 27.9 Å². The van der Waals surface area contributed by atoms with Crippen molar-refractivity contribution in [2.45, 2.75) is 6.18 Å². The Balaban J connectivity index is 0.00000353. The first-order chi connectivity index (χ1) is 18.2. The van der Waals surface area contributed by atoms with Crippen LogP contribution in [0.2, 0.25) is 5.02 Å². The smallest absolute Gasteiger partial charge is 0.405 e. The summed E-state index contributed by atoms with van der Waals surface area (Å²) in [5.41, 5.74) is 1.69. The van der Waals surface area contributed by atoms with Gasteiger partial charge in [0.2, 0.25) is 5.95 Å². The van der Waals surface area contributed by atoms with Crippen molar-refractivity contribution in [3.05, 3.63) is 71.5 Å². The second-order valence-corrected chi connectivity index (χ2v) is 8.33. The number of pyridine rings is 1. The lowest BCUT2D eigenvalue weighted by Crippen LogP contribution is -2.33. The van der Waals surface area contributed by atoms with Gasteiger partial charge in [0, 0.05) is 17.1 Å². The lowest BCUT2D eigenvalue weighted by atomic mass is 10.1.